The van der Waals surface area contributed by atoms with E-state index >= 15 is 0 Å². The van der Waals surface area contributed by atoms with E-state index in [-0.39, 0.29) is 6.42 Å². The molecular formula is C11H13F2N3O3. The Morgan fingerprint density at radius 2 is 2.05 bits per heavy atom. The summed E-state index contributed by atoms with van der Waals surface area (Å²) < 4.78 is 26.4. The molecule has 104 valence electrons. The van der Waals surface area contributed by atoms with Crippen LogP contribution >= 0.6 is 0 Å². The summed E-state index contributed by atoms with van der Waals surface area (Å²) in [7, 11) is 0. The van der Waals surface area contributed by atoms with Crippen LogP contribution in [-0.2, 0) is 4.79 Å². The Morgan fingerprint density at radius 1 is 1.47 bits per heavy atom. The van der Waals surface area contributed by atoms with Gasteiger partial charge in [0.15, 0.2) is 11.5 Å². The molecule has 0 aromatic heterocycles. The molecule has 0 bridgehead atoms. The van der Waals surface area contributed by atoms with E-state index in [0.29, 0.717) is 12.1 Å². The Balaban J connectivity index is 3.07. The number of carbonyl (C=O) groups is 1. The van der Waals surface area contributed by atoms with E-state index in [2.05, 4.69) is 0 Å². The number of rotatable bonds is 4. The highest BCUT2D eigenvalue weighted by Crippen LogP contribution is 2.29. The second-order valence-electron chi connectivity index (χ2n) is 4.75. The maximum absolute atomic E-state index is 13.5. The molecule has 0 aliphatic rings. The maximum Gasteiger partial charge on any atom is 0.298 e. The van der Waals surface area contributed by atoms with Gasteiger partial charge in [-0.25, -0.2) is 8.78 Å². The predicted octanol–water partition coefficient (Wildman–Crippen LogP) is 1.94. The summed E-state index contributed by atoms with van der Waals surface area (Å²) in [5.74, 6) is -3.00. The average Bonchev–Trinajstić information content (AvgIpc) is 2.18. The molecule has 3 N–H and O–H groups in total. The monoisotopic (exact) mass is 273 g/mol. The average molecular weight is 273 g/mol. The summed E-state index contributed by atoms with van der Waals surface area (Å²) >= 11 is 0. The molecule has 0 unspecified atom stereocenters. The molecule has 0 fully saturated rings. The fraction of sp³-hybridized carbons (Fsp3) is 0.364. The van der Waals surface area contributed by atoms with E-state index in [1.54, 1.807) is 13.8 Å². The van der Waals surface area contributed by atoms with Crippen LogP contribution in [0.5, 0.6) is 0 Å². The highest BCUT2D eigenvalue weighted by molar-refractivity contribution is 5.93. The predicted molar refractivity (Wildman–Crippen MR) is 64.5 cm³/mol. The van der Waals surface area contributed by atoms with E-state index in [4.69, 9.17) is 5.73 Å². The molecule has 19 heavy (non-hydrogen) atoms. The van der Waals surface area contributed by atoms with E-state index in [1.807, 2.05) is 5.32 Å². The van der Waals surface area contributed by atoms with Gasteiger partial charge < -0.3 is 11.1 Å². The molecule has 0 aliphatic heterocycles. The Labute approximate surface area is 107 Å². The fourth-order valence-corrected chi connectivity index (χ4v) is 1.43. The minimum atomic E-state index is -1.21. The number of halogens is 2. The Kier molecular flexibility index (Phi) is 4.15. The van der Waals surface area contributed by atoms with Gasteiger partial charge in [0.05, 0.1) is 11.0 Å². The summed E-state index contributed by atoms with van der Waals surface area (Å²) in [5, 5.41) is 12.7. The van der Waals surface area contributed by atoms with Crippen molar-refractivity contribution in [2.75, 3.05) is 5.32 Å². The van der Waals surface area contributed by atoms with Crippen LogP contribution < -0.4 is 11.1 Å². The molecule has 1 amide bonds. The van der Waals surface area contributed by atoms with Crippen LogP contribution in [-0.4, -0.2) is 16.4 Å². The van der Waals surface area contributed by atoms with Gasteiger partial charge in [0.1, 0.15) is 5.82 Å². The molecule has 0 radical (unpaired) electrons. The number of nitro groups is 1. The SMILES string of the molecule is CC(C)(N)CC(=O)Nc1c(F)cc(F)cc1[N+](=O)[O-]. The molecule has 0 spiro atoms. The minimum absolute atomic E-state index is 0.166. The molecule has 0 heterocycles. The van der Waals surface area contributed by atoms with E-state index < -0.39 is 39.4 Å². The molecule has 1 aromatic rings. The second-order valence-corrected chi connectivity index (χ2v) is 4.75. The lowest BCUT2D eigenvalue weighted by Crippen LogP contribution is -2.36. The van der Waals surface area contributed by atoms with E-state index in [1.165, 1.54) is 0 Å². The summed E-state index contributed by atoms with van der Waals surface area (Å²) in [5.41, 5.74) is 3.24. The van der Waals surface area contributed by atoms with E-state index in [0.717, 1.165) is 0 Å². The number of hydrogen-bond acceptors (Lipinski definition) is 4. The van der Waals surface area contributed by atoms with Crippen molar-refractivity contribution in [2.45, 2.75) is 25.8 Å². The topological polar surface area (TPSA) is 98.3 Å². The highest BCUT2D eigenvalue weighted by atomic mass is 19.1. The zero-order chi connectivity index (χ0) is 14.8. The Hall–Kier alpha value is -2.09. The Bertz CT molecular complexity index is 527. The number of nitro benzene ring substituents is 1. The summed E-state index contributed by atoms with van der Waals surface area (Å²) in [4.78, 5) is 21.3. The van der Waals surface area contributed by atoms with Gasteiger partial charge in [-0.15, -0.1) is 0 Å². The minimum Gasteiger partial charge on any atom is -0.325 e. The van der Waals surface area contributed by atoms with Crippen LogP contribution in [0.1, 0.15) is 20.3 Å². The van der Waals surface area contributed by atoms with Crippen LogP contribution in [0.15, 0.2) is 12.1 Å². The quantitative estimate of drug-likeness (QED) is 0.647. The van der Waals surface area contributed by atoms with Gasteiger partial charge in [-0.2, -0.15) is 0 Å². The number of nitrogens with zero attached hydrogens (tertiary/aromatic N) is 1. The molecule has 6 nitrogen and oxygen atoms in total. The van der Waals surface area contributed by atoms with Crippen molar-refractivity contribution in [1.82, 2.24) is 0 Å². The van der Waals surface area contributed by atoms with Crippen molar-refractivity contribution < 1.29 is 18.5 Å². The fourth-order valence-electron chi connectivity index (χ4n) is 1.43. The molecule has 0 aliphatic carbocycles. The van der Waals surface area contributed by atoms with Crippen molar-refractivity contribution in [3.05, 3.63) is 33.9 Å². The molecule has 1 aromatic carbocycles. The summed E-state index contributed by atoms with van der Waals surface area (Å²) in [6.07, 6.45) is -0.166. The normalized spacial score (nSPS) is 11.2. The number of nitrogens with one attached hydrogen (secondary N) is 1. The van der Waals surface area contributed by atoms with E-state index in [9.17, 15) is 23.7 Å². The van der Waals surface area contributed by atoms with Gasteiger partial charge in [0.25, 0.3) is 5.69 Å². The number of nitrogens with two attached hydrogens (primary N) is 1. The second kappa shape index (κ2) is 5.27. The third-order valence-corrected chi connectivity index (χ3v) is 2.11. The maximum atomic E-state index is 13.5. The third-order valence-electron chi connectivity index (χ3n) is 2.11. The van der Waals surface area contributed by atoms with Gasteiger partial charge in [0, 0.05) is 18.0 Å². The zero-order valence-electron chi connectivity index (χ0n) is 10.4. The zero-order valence-corrected chi connectivity index (χ0v) is 10.4. The first-order chi connectivity index (χ1) is 8.60. The Morgan fingerprint density at radius 3 is 2.53 bits per heavy atom. The van der Waals surface area contributed by atoms with Crippen molar-refractivity contribution in [3.63, 3.8) is 0 Å². The highest BCUT2D eigenvalue weighted by Gasteiger charge is 2.24. The van der Waals surface area contributed by atoms with Crippen LogP contribution in [0.4, 0.5) is 20.2 Å². The standard InChI is InChI=1S/C11H13F2N3O3/c1-11(2,14)5-9(17)15-10-7(13)3-6(12)4-8(10)16(18)19/h3-4H,5,14H2,1-2H3,(H,15,17). The lowest BCUT2D eigenvalue weighted by Gasteiger charge is -2.17. The van der Waals surface area contributed by atoms with Crippen molar-refractivity contribution in [1.29, 1.82) is 0 Å². The van der Waals surface area contributed by atoms with Gasteiger partial charge >= 0.3 is 0 Å². The third kappa shape index (κ3) is 4.25. The van der Waals surface area contributed by atoms with Gasteiger partial charge in [-0.05, 0) is 13.8 Å². The van der Waals surface area contributed by atoms with Crippen LogP contribution in [0, 0.1) is 21.7 Å². The molecular weight excluding hydrogens is 260 g/mol. The number of benzene rings is 1. The molecule has 8 heteroatoms. The largest absolute Gasteiger partial charge is 0.325 e. The first-order valence-electron chi connectivity index (χ1n) is 5.32. The first-order valence-corrected chi connectivity index (χ1v) is 5.32. The lowest BCUT2D eigenvalue weighted by atomic mass is 10.0. The van der Waals surface area contributed by atoms with Crippen molar-refractivity contribution >= 4 is 17.3 Å². The van der Waals surface area contributed by atoms with Gasteiger partial charge in [-0.3, -0.25) is 14.9 Å². The van der Waals surface area contributed by atoms with Crippen molar-refractivity contribution in [2.24, 2.45) is 5.73 Å². The molecule has 0 saturated heterocycles. The van der Waals surface area contributed by atoms with Crippen LogP contribution in [0.2, 0.25) is 0 Å². The first kappa shape index (κ1) is 15.0. The van der Waals surface area contributed by atoms with Crippen molar-refractivity contribution in [3.8, 4) is 0 Å². The van der Waals surface area contributed by atoms with Gasteiger partial charge in [-0.1, -0.05) is 0 Å². The lowest BCUT2D eigenvalue weighted by molar-refractivity contribution is -0.384. The smallest absolute Gasteiger partial charge is 0.298 e. The van der Waals surface area contributed by atoms with Crippen LogP contribution in [0.25, 0.3) is 0 Å². The van der Waals surface area contributed by atoms with Gasteiger partial charge in [0.2, 0.25) is 5.91 Å². The number of hydrogen-bond donors (Lipinski definition) is 2. The number of anilines is 1. The van der Waals surface area contributed by atoms with Crippen LogP contribution in [0.3, 0.4) is 0 Å². The summed E-state index contributed by atoms with van der Waals surface area (Å²) in [6.45, 7) is 3.14. The number of amides is 1. The number of carbonyl (C=O) groups excluding carboxylic acids is 1. The summed E-state index contributed by atoms with van der Waals surface area (Å²) in [6, 6.07) is 0.989. The molecule has 0 saturated carbocycles. The molecule has 1 rings (SSSR count). The molecule has 0 atom stereocenters.